The van der Waals surface area contributed by atoms with Crippen LogP contribution >= 0.6 is 7.82 Å². The molecule has 0 amide bonds. The van der Waals surface area contributed by atoms with Gasteiger partial charge in [0.05, 0.1) is 0 Å². The van der Waals surface area contributed by atoms with Crippen LogP contribution in [0.25, 0.3) is 0 Å². The predicted octanol–water partition coefficient (Wildman–Crippen LogP) is -3.81. The first-order valence-electron chi connectivity index (χ1n) is 1.49. The van der Waals surface area contributed by atoms with Crippen molar-refractivity contribution in [2.75, 3.05) is 0 Å². The quantitative estimate of drug-likeness (QED) is 0.202. The van der Waals surface area contributed by atoms with Gasteiger partial charge in [0.25, 0.3) is 0 Å². The molecule has 0 radical (unpaired) electrons. The summed E-state index contributed by atoms with van der Waals surface area (Å²) < 4.78 is 8.88. The van der Waals surface area contributed by atoms with Gasteiger partial charge in [-0.3, -0.25) is 6.29 Å². The maximum absolute atomic E-state index is 8.88. The Morgan fingerprint density at radius 3 is 1.33 bits per heavy atom. The van der Waals surface area contributed by atoms with Crippen LogP contribution in [0.5, 0.6) is 0 Å². The molecular formula is C2H6KO5P. The van der Waals surface area contributed by atoms with Gasteiger partial charge in [0.1, 0.15) is 0 Å². The van der Waals surface area contributed by atoms with Crippen molar-refractivity contribution in [3.05, 3.63) is 0 Å². The number of phosphoric acid groups is 1. The van der Waals surface area contributed by atoms with E-state index in [1.54, 1.807) is 0 Å². The molecule has 9 heavy (non-hydrogen) atoms. The van der Waals surface area contributed by atoms with E-state index in [0.717, 1.165) is 0 Å². The summed E-state index contributed by atoms with van der Waals surface area (Å²) in [4.78, 5) is 30.2. The van der Waals surface area contributed by atoms with Crippen molar-refractivity contribution in [3.8, 4) is 0 Å². The number of carbonyl (C=O) groups excluding carboxylic acids is 1. The number of hydrogen-bond donors (Lipinski definition) is 3. The van der Waals surface area contributed by atoms with Crippen molar-refractivity contribution in [2.24, 2.45) is 0 Å². The van der Waals surface area contributed by atoms with Gasteiger partial charge < -0.3 is 19.5 Å². The van der Waals surface area contributed by atoms with Crippen LogP contribution in [0.15, 0.2) is 0 Å². The van der Waals surface area contributed by atoms with E-state index in [-0.39, 0.29) is 51.4 Å². The third-order valence-corrected chi connectivity index (χ3v) is 0. The summed E-state index contributed by atoms with van der Waals surface area (Å²) in [6.07, 6.45) is 1.50. The Bertz CT molecular complexity index is 88.9. The molecule has 7 heteroatoms. The molecule has 0 unspecified atom stereocenters. The average molecular weight is 180 g/mol. The molecule has 0 aliphatic carbocycles. The van der Waals surface area contributed by atoms with E-state index >= 15 is 0 Å². The molecule has 0 aromatic rings. The Balaban J connectivity index is -0.0000000800. The second-order valence-corrected chi connectivity index (χ2v) is 1.74. The maximum Gasteiger partial charge on any atom is 1.00 e. The van der Waals surface area contributed by atoms with Crippen molar-refractivity contribution in [1.29, 1.82) is 0 Å². The summed E-state index contributed by atoms with van der Waals surface area (Å²) in [7, 11) is -4.64. The van der Waals surface area contributed by atoms with E-state index in [1.807, 2.05) is 0 Å². The van der Waals surface area contributed by atoms with Gasteiger partial charge in [-0.15, -0.1) is 0 Å². The Morgan fingerprint density at radius 1 is 1.33 bits per heavy atom. The molecule has 0 aliphatic heterocycles. The van der Waals surface area contributed by atoms with E-state index in [1.165, 1.54) is 13.2 Å². The largest absolute Gasteiger partial charge is 1.00 e. The Morgan fingerprint density at radius 2 is 1.33 bits per heavy atom. The van der Waals surface area contributed by atoms with E-state index < -0.39 is 7.82 Å². The van der Waals surface area contributed by atoms with Crippen LogP contribution < -0.4 is 51.4 Å². The Labute approximate surface area is 95.1 Å². The topological polar surface area (TPSA) is 94.8 Å². The van der Waals surface area contributed by atoms with Gasteiger partial charge in [-0.25, -0.2) is 4.57 Å². The first-order chi connectivity index (χ1) is 3.41. The summed E-state index contributed by atoms with van der Waals surface area (Å²) in [5.74, 6) is 0. The van der Waals surface area contributed by atoms with Crippen LogP contribution in [-0.2, 0) is 9.36 Å². The van der Waals surface area contributed by atoms with E-state index in [0.29, 0.717) is 0 Å². The fraction of sp³-hybridized carbons (Fsp3) is 0.500. The summed E-state index contributed by atoms with van der Waals surface area (Å²) in [6, 6.07) is 0. The maximum atomic E-state index is 8.88. The van der Waals surface area contributed by atoms with Crippen LogP contribution in [0.1, 0.15) is 6.92 Å². The van der Waals surface area contributed by atoms with Gasteiger partial charge in [-0.1, -0.05) is 0 Å². The average Bonchev–Trinajstić information content (AvgIpc) is 1.27. The SMILES string of the molecule is C[C-]=O.O=P(O)(O)O.[K+]. The van der Waals surface area contributed by atoms with Gasteiger partial charge in [-0.05, 0) is 0 Å². The molecule has 0 bridgehead atoms. The molecule has 5 nitrogen and oxygen atoms in total. The van der Waals surface area contributed by atoms with Crippen LogP contribution in [0, 0.1) is 0 Å². The zero-order valence-corrected chi connectivity index (χ0v) is 9.12. The minimum atomic E-state index is -4.64. The van der Waals surface area contributed by atoms with Gasteiger partial charge in [0, 0.05) is 0 Å². The van der Waals surface area contributed by atoms with E-state index in [9.17, 15) is 0 Å². The van der Waals surface area contributed by atoms with Crippen LogP contribution in [-0.4, -0.2) is 21.0 Å². The minimum absolute atomic E-state index is 0. The molecular weight excluding hydrogens is 174 g/mol. The molecule has 0 saturated carbocycles. The zero-order chi connectivity index (χ0) is 7.21. The monoisotopic (exact) mass is 180 g/mol. The Kier molecular flexibility index (Phi) is 17.6. The molecule has 0 aliphatic rings. The molecule has 0 saturated heterocycles. The molecule has 0 atom stereocenters. The molecule has 0 aromatic carbocycles. The molecule has 0 aromatic heterocycles. The summed E-state index contributed by atoms with van der Waals surface area (Å²) in [5.41, 5.74) is 0. The minimum Gasteiger partial charge on any atom is -0.542 e. The van der Waals surface area contributed by atoms with Crippen molar-refractivity contribution in [1.82, 2.24) is 0 Å². The summed E-state index contributed by atoms with van der Waals surface area (Å²) in [5, 5.41) is 0. The smallest absolute Gasteiger partial charge is 0.542 e. The standard InChI is InChI=1S/C2H3O.K.H3O4P/c1-2-3;;1-5(2,3)4/h1H3;;(H3,1,2,3,4)/q-1;+1;. The molecule has 0 spiro atoms. The molecule has 50 valence electrons. The third kappa shape index (κ3) is 258. The number of hydrogen-bond acceptors (Lipinski definition) is 2. The van der Waals surface area contributed by atoms with Crippen LogP contribution in [0.2, 0.25) is 0 Å². The van der Waals surface area contributed by atoms with Gasteiger partial charge >= 0.3 is 59.2 Å². The summed E-state index contributed by atoms with van der Waals surface area (Å²) in [6.45, 7) is 1.32. The first kappa shape index (κ1) is 16.8. The number of rotatable bonds is 0. The van der Waals surface area contributed by atoms with Crippen LogP contribution in [0.3, 0.4) is 0 Å². The van der Waals surface area contributed by atoms with Gasteiger partial charge in [-0.2, -0.15) is 6.92 Å². The third-order valence-electron chi connectivity index (χ3n) is 0. The summed E-state index contributed by atoms with van der Waals surface area (Å²) >= 11 is 0. The van der Waals surface area contributed by atoms with Crippen molar-refractivity contribution >= 4 is 14.1 Å². The second-order valence-electron chi connectivity index (χ2n) is 0.717. The van der Waals surface area contributed by atoms with E-state index in [2.05, 4.69) is 0 Å². The van der Waals surface area contributed by atoms with Gasteiger partial charge in [0.15, 0.2) is 0 Å². The zero-order valence-electron chi connectivity index (χ0n) is 5.11. The second kappa shape index (κ2) is 9.42. The van der Waals surface area contributed by atoms with Crippen molar-refractivity contribution in [2.45, 2.75) is 6.92 Å². The predicted molar refractivity (Wildman–Crippen MR) is 25.6 cm³/mol. The van der Waals surface area contributed by atoms with Crippen LogP contribution in [0.4, 0.5) is 0 Å². The fourth-order valence-corrected chi connectivity index (χ4v) is 0. The van der Waals surface area contributed by atoms with Crippen molar-refractivity contribution < 1.29 is 75.4 Å². The van der Waals surface area contributed by atoms with E-state index in [4.69, 9.17) is 24.0 Å². The van der Waals surface area contributed by atoms with Gasteiger partial charge in [0.2, 0.25) is 0 Å². The normalized spacial score (nSPS) is 8.00. The fourth-order valence-electron chi connectivity index (χ4n) is 0. The molecule has 0 fully saturated rings. The molecule has 0 rings (SSSR count). The molecule has 0 heterocycles. The molecule has 3 N–H and O–H groups in total. The first-order valence-corrected chi connectivity index (χ1v) is 3.05. The van der Waals surface area contributed by atoms with Crippen molar-refractivity contribution in [3.63, 3.8) is 0 Å². The Hall–Kier alpha value is 1.42.